The number of thiazole rings is 1. The van der Waals surface area contributed by atoms with E-state index in [0.717, 1.165) is 10.4 Å². The number of aromatic hydroxyl groups is 1. The van der Waals surface area contributed by atoms with Crippen molar-refractivity contribution in [2.24, 2.45) is 0 Å². The minimum atomic E-state index is -0.347. The second-order valence-electron chi connectivity index (χ2n) is 6.33. The Hall–Kier alpha value is -2.05. The minimum Gasteiger partial charge on any atom is -0.507 e. The zero-order valence-corrected chi connectivity index (χ0v) is 17.6. The van der Waals surface area contributed by atoms with E-state index in [0.29, 0.717) is 37.6 Å². The Labute approximate surface area is 179 Å². The van der Waals surface area contributed by atoms with Crippen molar-refractivity contribution in [2.45, 2.75) is 13.3 Å². The molecule has 4 nitrogen and oxygen atoms in total. The molecule has 0 bridgehead atoms. The Bertz CT molecular complexity index is 1260. The number of pyridine rings is 2. The summed E-state index contributed by atoms with van der Waals surface area (Å²) in [4.78, 5) is 18.2. The standard InChI is InChI=1S/C20H13Cl3N2O2S/c1-10-3-2-4-25-17(10)15(8-14-9-24-20(23)28-14)18(26)16(19(25)27)11-5-12(21)7-13(22)6-11/h2-7,9,26H,8H2,1H3. The van der Waals surface area contributed by atoms with Gasteiger partial charge in [0.25, 0.3) is 5.56 Å². The number of hydrogen-bond donors (Lipinski definition) is 1. The van der Waals surface area contributed by atoms with E-state index in [9.17, 15) is 9.90 Å². The van der Waals surface area contributed by atoms with Crippen LogP contribution in [0.4, 0.5) is 0 Å². The van der Waals surface area contributed by atoms with E-state index in [1.807, 2.05) is 13.0 Å². The van der Waals surface area contributed by atoms with E-state index >= 15 is 0 Å². The summed E-state index contributed by atoms with van der Waals surface area (Å²) in [5.41, 5.74) is 2.41. The van der Waals surface area contributed by atoms with Crippen LogP contribution >= 0.6 is 46.1 Å². The smallest absolute Gasteiger partial charge is 0.266 e. The number of rotatable bonds is 3. The minimum absolute atomic E-state index is 0.0952. The summed E-state index contributed by atoms with van der Waals surface area (Å²) in [6.07, 6.45) is 3.73. The first kappa shape index (κ1) is 19.3. The molecule has 28 heavy (non-hydrogen) atoms. The van der Waals surface area contributed by atoms with Gasteiger partial charge in [-0.3, -0.25) is 9.20 Å². The van der Waals surface area contributed by atoms with Gasteiger partial charge in [0.1, 0.15) is 5.75 Å². The number of aryl methyl sites for hydroxylation is 1. The van der Waals surface area contributed by atoms with Crippen LogP contribution in [-0.4, -0.2) is 14.5 Å². The molecule has 1 N–H and O–H groups in total. The highest BCUT2D eigenvalue weighted by Crippen LogP contribution is 2.37. The van der Waals surface area contributed by atoms with E-state index in [4.69, 9.17) is 34.8 Å². The fourth-order valence-corrected chi connectivity index (χ4v) is 4.84. The molecule has 8 heteroatoms. The Morgan fingerprint density at radius 1 is 1.18 bits per heavy atom. The molecule has 0 aliphatic rings. The molecule has 0 radical (unpaired) electrons. The maximum absolute atomic E-state index is 13.2. The molecule has 3 aromatic heterocycles. The summed E-state index contributed by atoms with van der Waals surface area (Å²) in [5, 5.41) is 11.9. The van der Waals surface area contributed by atoms with Crippen molar-refractivity contribution in [3.8, 4) is 16.9 Å². The van der Waals surface area contributed by atoms with Gasteiger partial charge in [0.2, 0.25) is 0 Å². The van der Waals surface area contributed by atoms with Gasteiger partial charge in [-0.15, -0.1) is 11.3 Å². The molecule has 142 valence electrons. The van der Waals surface area contributed by atoms with Crippen molar-refractivity contribution >= 4 is 51.7 Å². The Morgan fingerprint density at radius 2 is 1.89 bits per heavy atom. The van der Waals surface area contributed by atoms with E-state index in [-0.39, 0.29) is 16.9 Å². The quantitative estimate of drug-likeness (QED) is 0.416. The van der Waals surface area contributed by atoms with E-state index in [2.05, 4.69) is 4.98 Å². The van der Waals surface area contributed by atoms with Gasteiger partial charge in [0.15, 0.2) is 4.47 Å². The van der Waals surface area contributed by atoms with E-state index in [1.165, 1.54) is 15.7 Å². The maximum atomic E-state index is 13.2. The largest absolute Gasteiger partial charge is 0.507 e. The number of halogens is 3. The lowest BCUT2D eigenvalue weighted by molar-refractivity contribution is 0.470. The Kier molecular flexibility index (Phi) is 5.10. The average molecular weight is 452 g/mol. The molecule has 0 atom stereocenters. The van der Waals surface area contributed by atoms with Gasteiger partial charge in [-0.1, -0.05) is 40.9 Å². The molecule has 0 saturated heterocycles. The molecule has 0 spiro atoms. The first-order chi connectivity index (χ1) is 13.3. The molecular weight excluding hydrogens is 439 g/mol. The summed E-state index contributed by atoms with van der Waals surface area (Å²) >= 11 is 19.5. The van der Waals surface area contributed by atoms with Crippen molar-refractivity contribution < 1.29 is 5.11 Å². The van der Waals surface area contributed by atoms with Crippen LogP contribution in [0.5, 0.6) is 5.75 Å². The number of nitrogens with zero attached hydrogens (tertiary/aromatic N) is 2. The van der Waals surface area contributed by atoms with E-state index < -0.39 is 0 Å². The number of hydrogen-bond acceptors (Lipinski definition) is 4. The number of benzene rings is 1. The van der Waals surface area contributed by atoms with Gasteiger partial charge in [-0.05, 0) is 42.3 Å². The van der Waals surface area contributed by atoms with E-state index in [1.54, 1.807) is 36.7 Å². The Balaban J connectivity index is 2.08. The molecule has 0 fully saturated rings. The molecule has 3 heterocycles. The molecule has 1 aromatic carbocycles. The molecule has 4 aromatic rings. The summed E-state index contributed by atoms with van der Waals surface area (Å²) in [6.45, 7) is 1.90. The highest BCUT2D eigenvalue weighted by atomic mass is 35.5. The summed E-state index contributed by atoms with van der Waals surface area (Å²) < 4.78 is 1.96. The van der Waals surface area contributed by atoms with Gasteiger partial charge < -0.3 is 5.11 Å². The molecule has 0 amide bonds. The normalized spacial score (nSPS) is 11.3. The van der Waals surface area contributed by atoms with Gasteiger partial charge in [-0.2, -0.15) is 0 Å². The monoisotopic (exact) mass is 450 g/mol. The molecule has 0 aliphatic carbocycles. The van der Waals surface area contributed by atoms with Crippen molar-refractivity contribution in [1.29, 1.82) is 0 Å². The first-order valence-electron chi connectivity index (χ1n) is 8.27. The molecular formula is C20H13Cl3N2O2S. The van der Waals surface area contributed by atoms with Gasteiger partial charge in [0, 0.05) is 39.3 Å². The van der Waals surface area contributed by atoms with Crippen LogP contribution in [0.25, 0.3) is 16.6 Å². The lowest BCUT2D eigenvalue weighted by atomic mass is 9.98. The van der Waals surface area contributed by atoms with Crippen molar-refractivity contribution in [3.05, 3.63) is 83.6 Å². The number of fused-ring (bicyclic) bond motifs is 1. The maximum Gasteiger partial charge on any atom is 0.266 e. The molecule has 0 aliphatic heterocycles. The third kappa shape index (κ3) is 3.40. The van der Waals surface area contributed by atoms with Gasteiger partial charge in [0.05, 0.1) is 11.1 Å². The predicted molar refractivity (Wildman–Crippen MR) is 115 cm³/mol. The second-order valence-corrected chi connectivity index (χ2v) is 8.90. The fraction of sp³-hybridized carbons (Fsp3) is 0.100. The summed E-state index contributed by atoms with van der Waals surface area (Å²) in [6, 6.07) is 8.49. The van der Waals surface area contributed by atoms with Crippen molar-refractivity contribution in [1.82, 2.24) is 9.38 Å². The third-order valence-corrected chi connectivity index (χ3v) is 6.02. The average Bonchev–Trinajstić information content (AvgIpc) is 3.03. The van der Waals surface area contributed by atoms with Gasteiger partial charge in [-0.25, -0.2) is 4.98 Å². The zero-order chi connectivity index (χ0) is 20.0. The Morgan fingerprint density at radius 3 is 2.54 bits per heavy atom. The van der Waals surface area contributed by atoms with Crippen LogP contribution in [0.15, 0.2) is 47.5 Å². The number of aromatic nitrogens is 2. The van der Waals surface area contributed by atoms with Crippen LogP contribution in [0.3, 0.4) is 0 Å². The molecule has 0 unspecified atom stereocenters. The lowest BCUT2D eigenvalue weighted by Gasteiger charge is -2.16. The third-order valence-electron chi connectivity index (χ3n) is 4.46. The van der Waals surface area contributed by atoms with Gasteiger partial charge >= 0.3 is 0 Å². The molecule has 0 saturated carbocycles. The van der Waals surface area contributed by atoms with Crippen molar-refractivity contribution in [3.63, 3.8) is 0 Å². The van der Waals surface area contributed by atoms with Crippen LogP contribution in [0.2, 0.25) is 14.5 Å². The van der Waals surface area contributed by atoms with Crippen molar-refractivity contribution in [2.75, 3.05) is 0 Å². The van der Waals surface area contributed by atoms with Crippen LogP contribution in [0, 0.1) is 6.92 Å². The summed E-state index contributed by atoms with van der Waals surface area (Å²) in [7, 11) is 0. The first-order valence-corrected chi connectivity index (χ1v) is 10.2. The van der Waals surface area contributed by atoms with Crippen LogP contribution in [-0.2, 0) is 6.42 Å². The second kappa shape index (κ2) is 7.41. The fourth-order valence-electron chi connectivity index (χ4n) is 3.32. The topological polar surface area (TPSA) is 54.6 Å². The highest BCUT2D eigenvalue weighted by Gasteiger charge is 2.21. The molecule has 4 rings (SSSR count). The predicted octanol–water partition coefficient (Wildman–Crippen LogP) is 5.99. The SMILES string of the molecule is Cc1cccn2c(=O)c(-c3cc(Cl)cc(Cl)c3)c(O)c(Cc3cnc(Cl)s3)c12. The zero-order valence-electron chi connectivity index (χ0n) is 14.5. The van der Waals surface area contributed by atoms with Crippen LogP contribution in [0.1, 0.15) is 16.0 Å². The highest BCUT2D eigenvalue weighted by molar-refractivity contribution is 7.15. The summed E-state index contributed by atoms with van der Waals surface area (Å²) in [5.74, 6) is -0.0952. The lowest BCUT2D eigenvalue weighted by Crippen LogP contribution is -2.18. The van der Waals surface area contributed by atoms with Crippen LogP contribution < -0.4 is 5.56 Å².